The van der Waals surface area contributed by atoms with Gasteiger partial charge in [0.05, 0.1) is 11.3 Å². The first kappa shape index (κ1) is 14.7. The average Bonchev–Trinajstić information content (AvgIpc) is 2.43. The Balaban J connectivity index is 2.01. The molecule has 0 unspecified atom stereocenters. The molecule has 0 radical (unpaired) electrons. The number of carbonyl (C=O) groups excluding carboxylic acids is 1. The van der Waals surface area contributed by atoms with Gasteiger partial charge >= 0.3 is 0 Å². The highest BCUT2D eigenvalue weighted by atomic mass is 16.6. The van der Waals surface area contributed by atoms with E-state index >= 15 is 0 Å². The molecular formula is C16H16N2O3. The van der Waals surface area contributed by atoms with Crippen molar-refractivity contribution in [2.45, 2.75) is 20.3 Å². The summed E-state index contributed by atoms with van der Waals surface area (Å²) in [5.41, 5.74) is 3.83. The lowest BCUT2D eigenvalue weighted by Gasteiger charge is -2.07. The molecule has 0 spiro atoms. The Bertz CT molecular complexity index is 678. The van der Waals surface area contributed by atoms with E-state index in [2.05, 4.69) is 5.32 Å². The molecule has 0 fully saturated rings. The first-order chi connectivity index (χ1) is 9.95. The van der Waals surface area contributed by atoms with Gasteiger partial charge in [0.2, 0.25) is 5.91 Å². The molecule has 0 aliphatic carbocycles. The van der Waals surface area contributed by atoms with Crippen LogP contribution in [0.15, 0.2) is 42.5 Å². The van der Waals surface area contributed by atoms with Gasteiger partial charge in [-0.15, -0.1) is 0 Å². The number of nitrogens with zero attached hydrogens (tertiary/aromatic N) is 1. The van der Waals surface area contributed by atoms with Gasteiger partial charge in [-0.3, -0.25) is 14.9 Å². The standard InChI is InChI=1S/C16H16N2O3/c1-11-3-4-13(9-12(11)2)10-16(19)17-14-5-7-15(8-6-14)18(20)21/h3-9H,10H2,1-2H3,(H,17,19). The average molecular weight is 284 g/mol. The van der Waals surface area contributed by atoms with E-state index in [1.807, 2.05) is 32.0 Å². The van der Waals surface area contributed by atoms with E-state index < -0.39 is 4.92 Å². The molecule has 0 aromatic heterocycles. The number of rotatable bonds is 4. The zero-order valence-corrected chi connectivity index (χ0v) is 11.9. The zero-order chi connectivity index (χ0) is 15.4. The molecule has 2 aromatic rings. The molecule has 2 aromatic carbocycles. The lowest BCUT2D eigenvalue weighted by atomic mass is 10.0. The van der Waals surface area contributed by atoms with Gasteiger partial charge in [-0.1, -0.05) is 18.2 Å². The SMILES string of the molecule is Cc1ccc(CC(=O)Nc2ccc([N+](=O)[O-])cc2)cc1C. The molecule has 2 rings (SSSR count). The normalized spacial score (nSPS) is 10.2. The molecule has 1 amide bonds. The number of nitrogens with one attached hydrogen (secondary N) is 1. The summed E-state index contributed by atoms with van der Waals surface area (Å²) in [6.45, 7) is 4.03. The van der Waals surface area contributed by atoms with Crippen molar-refractivity contribution < 1.29 is 9.72 Å². The number of nitro groups is 1. The predicted octanol–water partition coefficient (Wildman–Crippen LogP) is 3.39. The van der Waals surface area contributed by atoms with Crippen molar-refractivity contribution >= 4 is 17.3 Å². The van der Waals surface area contributed by atoms with E-state index in [0.717, 1.165) is 11.1 Å². The summed E-state index contributed by atoms with van der Waals surface area (Å²) in [5, 5.41) is 13.3. The minimum Gasteiger partial charge on any atom is -0.326 e. The highest BCUT2D eigenvalue weighted by Crippen LogP contribution is 2.16. The second-order valence-corrected chi connectivity index (χ2v) is 4.95. The van der Waals surface area contributed by atoms with Gasteiger partial charge < -0.3 is 5.32 Å². The third-order valence-corrected chi connectivity index (χ3v) is 3.30. The van der Waals surface area contributed by atoms with E-state index in [1.165, 1.54) is 29.8 Å². The van der Waals surface area contributed by atoms with Crippen LogP contribution in [0, 0.1) is 24.0 Å². The van der Waals surface area contributed by atoms with E-state index in [-0.39, 0.29) is 18.0 Å². The van der Waals surface area contributed by atoms with Gasteiger partial charge in [-0.25, -0.2) is 0 Å². The van der Waals surface area contributed by atoms with Crippen molar-refractivity contribution in [1.29, 1.82) is 0 Å². The Morgan fingerprint density at radius 3 is 2.33 bits per heavy atom. The Morgan fingerprint density at radius 2 is 1.76 bits per heavy atom. The zero-order valence-electron chi connectivity index (χ0n) is 11.9. The number of hydrogen-bond donors (Lipinski definition) is 1. The third-order valence-electron chi connectivity index (χ3n) is 3.30. The van der Waals surface area contributed by atoms with E-state index in [1.54, 1.807) is 0 Å². The molecule has 0 aliphatic rings. The summed E-state index contributed by atoms with van der Waals surface area (Å²) >= 11 is 0. The fourth-order valence-corrected chi connectivity index (χ4v) is 1.97. The number of amides is 1. The smallest absolute Gasteiger partial charge is 0.269 e. The van der Waals surface area contributed by atoms with Crippen LogP contribution in [0.25, 0.3) is 0 Å². The van der Waals surface area contributed by atoms with Crippen LogP contribution in [0.2, 0.25) is 0 Å². The van der Waals surface area contributed by atoms with Crippen molar-refractivity contribution in [3.05, 3.63) is 69.3 Å². The molecule has 108 valence electrons. The first-order valence-corrected chi connectivity index (χ1v) is 6.56. The number of aryl methyl sites for hydroxylation is 2. The fraction of sp³-hybridized carbons (Fsp3) is 0.188. The summed E-state index contributed by atoms with van der Waals surface area (Å²) < 4.78 is 0. The molecular weight excluding hydrogens is 268 g/mol. The van der Waals surface area contributed by atoms with Crippen LogP contribution < -0.4 is 5.32 Å². The summed E-state index contributed by atoms with van der Waals surface area (Å²) in [7, 11) is 0. The summed E-state index contributed by atoms with van der Waals surface area (Å²) in [6, 6.07) is 11.7. The second-order valence-electron chi connectivity index (χ2n) is 4.95. The topological polar surface area (TPSA) is 72.2 Å². The van der Waals surface area contributed by atoms with Crippen LogP contribution in [0.1, 0.15) is 16.7 Å². The monoisotopic (exact) mass is 284 g/mol. The number of benzene rings is 2. The van der Waals surface area contributed by atoms with Crippen LogP contribution in [0.4, 0.5) is 11.4 Å². The molecule has 1 N–H and O–H groups in total. The molecule has 5 nitrogen and oxygen atoms in total. The van der Waals surface area contributed by atoms with Gasteiger partial charge in [0.25, 0.3) is 5.69 Å². The fourth-order valence-electron chi connectivity index (χ4n) is 1.97. The van der Waals surface area contributed by atoms with Crippen LogP contribution in [0.3, 0.4) is 0 Å². The maximum absolute atomic E-state index is 12.0. The number of nitro benzene ring substituents is 1. The molecule has 0 heterocycles. The van der Waals surface area contributed by atoms with E-state index in [4.69, 9.17) is 0 Å². The van der Waals surface area contributed by atoms with E-state index in [9.17, 15) is 14.9 Å². The van der Waals surface area contributed by atoms with Crippen LogP contribution >= 0.6 is 0 Å². The Morgan fingerprint density at radius 1 is 1.10 bits per heavy atom. The van der Waals surface area contributed by atoms with E-state index in [0.29, 0.717) is 5.69 Å². The van der Waals surface area contributed by atoms with Crippen LogP contribution in [-0.2, 0) is 11.2 Å². The second kappa shape index (κ2) is 6.17. The quantitative estimate of drug-likeness (QED) is 0.691. The number of hydrogen-bond acceptors (Lipinski definition) is 3. The summed E-state index contributed by atoms with van der Waals surface area (Å²) in [4.78, 5) is 22.0. The Labute approximate surface area is 122 Å². The molecule has 0 saturated carbocycles. The van der Waals surface area contributed by atoms with Crippen LogP contribution in [-0.4, -0.2) is 10.8 Å². The number of carbonyl (C=O) groups is 1. The summed E-state index contributed by atoms with van der Waals surface area (Å²) in [5.74, 6) is -0.146. The van der Waals surface area contributed by atoms with Crippen molar-refractivity contribution in [2.24, 2.45) is 0 Å². The van der Waals surface area contributed by atoms with Crippen molar-refractivity contribution in [3.63, 3.8) is 0 Å². The van der Waals surface area contributed by atoms with Gasteiger partial charge in [0, 0.05) is 17.8 Å². The number of non-ortho nitro benzene ring substituents is 1. The maximum Gasteiger partial charge on any atom is 0.269 e. The lowest BCUT2D eigenvalue weighted by molar-refractivity contribution is -0.384. The Hall–Kier alpha value is -2.69. The number of anilines is 1. The minimum absolute atomic E-state index is 0.00200. The highest BCUT2D eigenvalue weighted by molar-refractivity contribution is 5.92. The summed E-state index contributed by atoms with van der Waals surface area (Å²) in [6.07, 6.45) is 0.276. The van der Waals surface area contributed by atoms with Crippen molar-refractivity contribution in [1.82, 2.24) is 0 Å². The lowest BCUT2D eigenvalue weighted by Crippen LogP contribution is -2.14. The largest absolute Gasteiger partial charge is 0.326 e. The first-order valence-electron chi connectivity index (χ1n) is 6.56. The van der Waals surface area contributed by atoms with Gasteiger partial charge in [-0.2, -0.15) is 0 Å². The van der Waals surface area contributed by atoms with Gasteiger partial charge in [0.15, 0.2) is 0 Å². The predicted molar refractivity (Wildman–Crippen MR) is 81.3 cm³/mol. The van der Waals surface area contributed by atoms with Crippen molar-refractivity contribution in [2.75, 3.05) is 5.32 Å². The van der Waals surface area contributed by atoms with Gasteiger partial charge in [-0.05, 0) is 42.7 Å². The maximum atomic E-state index is 12.0. The highest BCUT2D eigenvalue weighted by Gasteiger charge is 2.07. The molecule has 0 bridgehead atoms. The molecule has 21 heavy (non-hydrogen) atoms. The molecule has 0 aliphatic heterocycles. The van der Waals surface area contributed by atoms with Gasteiger partial charge in [0.1, 0.15) is 0 Å². The molecule has 5 heteroatoms. The minimum atomic E-state index is -0.472. The molecule has 0 saturated heterocycles. The van der Waals surface area contributed by atoms with Crippen LogP contribution in [0.5, 0.6) is 0 Å². The third kappa shape index (κ3) is 3.89. The Kier molecular flexibility index (Phi) is 4.33. The molecule has 0 atom stereocenters. The van der Waals surface area contributed by atoms with Crippen molar-refractivity contribution in [3.8, 4) is 0 Å².